The van der Waals surface area contributed by atoms with Gasteiger partial charge in [0, 0.05) is 21.2 Å². The Morgan fingerprint density at radius 2 is 2.55 bits per heavy atom. The van der Waals surface area contributed by atoms with Crippen molar-refractivity contribution in [2.75, 3.05) is 6.61 Å². The molecule has 0 heterocycles. The molecule has 1 N–H and O–H groups in total. The number of rotatable bonds is 2. The van der Waals surface area contributed by atoms with E-state index >= 15 is 0 Å². The summed E-state index contributed by atoms with van der Waals surface area (Å²) < 4.78 is 4.50. The van der Waals surface area contributed by atoms with Gasteiger partial charge in [-0.2, -0.15) is 0 Å². The maximum Gasteiger partial charge on any atom is 0.347 e. The van der Waals surface area contributed by atoms with E-state index in [1.54, 1.807) is 6.92 Å². The Labute approximate surface area is 81.5 Å². The topological polar surface area (TPSA) is 46.5 Å². The van der Waals surface area contributed by atoms with Gasteiger partial charge < -0.3 is 9.84 Å². The standard InChI is InChI=1S/C6H7IO3S/c1-2-10-6(9)5(8)3-4-11-7/h5,8H,2H2,1H3/t5-/m0/s1. The molecule has 0 aromatic carbocycles. The zero-order valence-corrected chi connectivity index (χ0v) is 8.81. The summed E-state index contributed by atoms with van der Waals surface area (Å²) in [7, 11) is 1.21. The van der Waals surface area contributed by atoms with Gasteiger partial charge in [0.15, 0.2) is 0 Å². The van der Waals surface area contributed by atoms with Crippen LogP contribution in [-0.4, -0.2) is 23.8 Å². The molecule has 0 saturated heterocycles. The predicted octanol–water partition coefficient (Wildman–Crippen LogP) is 0.954. The Balaban J connectivity index is 3.82. The first-order valence-corrected chi connectivity index (χ1v) is 6.21. The lowest BCUT2D eigenvalue weighted by Crippen LogP contribution is -2.20. The number of hydrogen-bond donors (Lipinski definition) is 1. The lowest BCUT2D eigenvalue weighted by atomic mass is 10.4. The van der Waals surface area contributed by atoms with Crippen molar-refractivity contribution < 1.29 is 14.6 Å². The fourth-order valence-corrected chi connectivity index (χ4v) is 0.896. The van der Waals surface area contributed by atoms with E-state index in [2.05, 4.69) is 15.9 Å². The van der Waals surface area contributed by atoms with Gasteiger partial charge in [-0.05, 0) is 27.0 Å². The van der Waals surface area contributed by atoms with Crippen LogP contribution in [0.4, 0.5) is 0 Å². The van der Waals surface area contributed by atoms with Crippen LogP contribution in [0.25, 0.3) is 0 Å². The smallest absolute Gasteiger partial charge is 0.347 e. The van der Waals surface area contributed by atoms with Gasteiger partial charge in [0.1, 0.15) is 0 Å². The predicted molar refractivity (Wildman–Crippen MR) is 52.0 cm³/mol. The third kappa shape index (κ3) is 5.35. The molecule has 0 bridgehead atoms. The first-order chi connectivity index (χ1) is 5.22. The largest absolute Gasteiger partial charge is 0.463 e. The molecule has 0 fully saturated rings. The number of hydrogen-bond acceptors (Lipinski definition) is 4. The Morgan fingerprint density at radius 3 is 3.00 bits per heavy atom. The zero-order chi connectivity index (χ0) is 8.69. The van der Waals surface area contributed by atoms with Gasteiger partial charge in [0.2, 0.25) is 6.10 Å². The quantitative estimate of drug-likeness (QED) is 0.466. The molecule has 0 aromatic rings. The Kier molecular flexibility index (Phi) is 6.80. The van der Waals surface area contributed by atoms with Crippen molar-refractivity contribution in [1.29, 1.82) is 0 Å². The van der Waals surface area contributed by atoms with Gasteiger partial charge in [-0.25, -0.2) is 4.79 Å². The highest BCUT2D eigenvalue weighted by atomic mass is 127. The minimum atomic E-state index is -1.31. The van der Waals surface area contributed by atoms with E-state index in [-0.39, 0.29) is 6.61 Å². The molecule has 3 nitrogen and oxygen atoms in total. The number of carbonyl (C=O) groups excluding carboxylic acids is 1. The number of ether oxygens (including phenoxy) is 1. The van der Waals surface area contributed by atoms with E-state index in [1.165, 1.54) is 8.93 Å². The highest BCUT2D eigenvalue weighted by Gasteiger charge is 2.11. The summed E-state index contributed by atoms with van der Waals surface area (Å²) in [6.45, 7) is 1.93. The Hall–Kier alpha value is 0.0700. The van der Waals surface area contributed by atoms with E-state index in [0.29, 0.717) is 0 Å². The molecule has 62 valence electrons. The minimum absolute atomic E-state index is 0.259. The number of carbonyl (C=O) groups is 1. The molecular formula is C6H7IO3S. The number of aliphatic hydroxyl groups is 1. The fourth-order valence-electron chi connectivity index (χ4n) is 0.358. The SMILES string of the molecule is CCOC(=O)[C@@H](O)C#CSI. The van der Waals surface area contributed by atoms with E-state index in [1.807, 2.05) is 21.2 Å². The summed E-state index contributed by atoms with van der Waals surface area (Å²) >= 11 is 1.95. The van der Waals surface area contributed by atoms with Crippen molar-refractivity contribution >= 4 is 36.1 Å². The molecule has 0 aliphatic rings. The summed E-state index contributed by atoms with van der Waals surface area (Å²) in [5, 5.41) is 11.4. The van der Waals surface area contributed by atoms with Crippen molar-refractivity contribution in [3.63, 3.8) is 0 Å². The van der Waals surface area contributed by atoms with E-state index in [4.69, 9.17) is 5.11 Å². The van der Waals surface area contributed by atoms with Crippen LogP contribution in [0.5, 0.6) is 0 Å². The molecule has 0 aliphatic carbocycles. The zero-order valence-electron chi connectivity index (χ0n) is 5.83. The maximum absolute atomic E-state index is 10.7. The van der Waals surface area contributed by atoms with E-state index < -0.39 is 12.1 Å². The highest BCUT2D eigenvalue weighted by molar-refractivity contribution is 14.2. The summed E-state index contributed by atoms with van der Waals surface area (Å²) in [5.41, 5.74) is 0. The third-order valence-corrected chi connectivity index (χ3v) is 1.60. The summed E-state index contributed by atoms with van der Waals surface area (Å²) in [5.74, 6) is 1.61. The highest BCUT2D eigenvalue weighted by Crippen LogP contribution is 2.06. The maximum atomic E-state index is 10.7. The first kappa shape index (κ1) is 11.1. The number of halogens is 1. The lowest BCUT2D eigenvalue weighted by molar-refractivity contribution is -0.149. The van der Waals surface area contributed by atoms with Gasteiger partial charge in [-0.3, -0.25) is 0 Å². The third-order valence-electron chi connectivity index (χ3n) is 0.744. The van der Waals surface area contributed by atoms with Crippen molar-refractivity contribution in [3.05, 3.63) is 0 Å². The van der Waals surface area contributed by atoms with Crippen molar-refractivity contribution in [1.82, 2.24) is 0 Å². The molecule has 0 rings (SSSR count). The average Bonchev–Trinajstić information content (AvgIpc) is 2.00. The number of esters is 1. The summed E-state index contributed by atoms with van der Waals surface area (Å²) in [4.78, 5) is 10.7. The monoisotopic (exact) mass is 286 g/mol. The van der Waals surface area contributed by atoms with Crippen LogP contribution in [0.1, 0.15) is 6.92 Å². The first-order valence-electron chi connectivity index (χ1n) is 2.85. The molecule has 0 spiro atoms. The van der Waals surface area contributed by atoms with E-state index in [0.717, 1.165) is 0 Å². The molecule has 0 saturated carbocycles. The molecular weight excluding hydrogens is 279 g/mol. The Bertz CT molecular complexity index is 184. The van der Waals surface area contributed by atoms with Crippen molar-refractivity contribution in [3.8, 4) is 11.2 Å². The molecule has 11 heavy (non-hydrogen) atoms. The normalized spacial score (nSPS) is 11.2. The molecule has 0 unspecified atom stereocenters. The van der Waals surface area contributed by atoms with Crippen LogP contribution < -0.4 is 0 Å². The molecule has 0 aliphatic heterocycles. The van der Waals surface area contributed by atoms with Crippen LogP contribution in [0.3, 0.4) is 0 Å². The van der Waals surface area contributed by atoms with Gasteiger partial charge in [0.25, 0.3) is 0 Å². The van der Waals surface area contributed by atoms with Gasteiger partial charge >= 0.3 is 5.97 Å². The molecule has 0 aromatic heterocycles. The molecule has 5 heteroatoms. The van der Waals surface area contributed by atoms with Crippen LogP contribution >= 0.6 is 30.1 Å². The molecule has 0 amide bonds. The second kappa shape index (κ2) is 6.76. The van der Waals surface area contributed by atoms with Crippen LogP contribution in [0.15, 0.2) is 0 Å². The van der Waals surface area contributed by atoms with Crippen molar-refractivity contribution in [2.24, 2.45) is 0 Å². The van der Waals surface area contributed by atoms with Gasteiger partial charge in [0.05, 0.1) is 6.61 Å². The average molecular weight is 286 g/mol. The second-order valence-corrected chi connectivity index (χ2v) is 3.16. The van der Waals surface area contributed by atoms with Gasteiger partial charge in [-0.15, -0.1) is 0 Å². The van der Waals surface area contributed by atoms with E-state index in [9.17, 15) is 4.79 Å². The number of aliphatic hydroxyl groups excluding tert-OH is 1. The van der Waals surface area contributed by atoms with Crippen molar-refractivity contribution in [2.45, 2.75) is 13.0 Å². The van der Waals surface area contributed by atoms with Crippen LogP contribution in [-0.2, 0) is 9.53 Å². The molecule has 0 radical (unpaired) electrons. The Morgan fingerprint density at radius 1 is 1.91 bits per heavy atom. The fraction of sp³-hybridized carbons (Fsp3) is 0.500. The second-order valence-electron chi connectivity index (χ2n) is 1.48. The molecule has 1 atom stereocenters. The van der Waals surface area contributed by atoms with Crippen LogP contribution in [0.2, 0.25) is 0 Å². The summed E-state index contributed by atoms with van der Waals surface area (Å²) in [6, 6.07) is 0. The van der Waals surface area contributed by atoms with Crippen LogP contribution in [0, 0.1) is 11.2 Å². The lowest BCUT2D eigenvalue weighted by Gasteiger charge is -2.01. The van der Waals surface area contributed by atoms with Gasteiger partial charge in [-0.1, -0.05) is 0 Å². The summed E-state index contributed by atoms with van der Waals surface area (Å²) in [6.07, 6.45) is -1.31. The minimum Gasteiger partial charge on any atom is -0.463 e.